The van der Waals surface area contributed by atoms with E-state index in [1.165, 1.54) is 0 Å². The van der Waals surface area contributed by atoms with Crippen molar-refractivity contribution in [2.24, 2.45) is 0 Å². The van der Waals surface area contributed by atoms with Gasteiger partial charge in [0.25, 0.3) is 0 Å². The summed E-state index contributed by atoms with van der Waals surface area (Å²) in [5.74, 6) is -0.296. The van der Waals surface area contributed by atoms with Gasteiger partial charge in [-0.05, 0) is 0 Å². The van der Waals surface area contributed by atoms with Crippen molar-refractivity contribution in [3.8, 4) is 0 Å². The zero-order chi connectivity index (χ0) is 5.28. The first-order chi connectivity index (χ1) is 3.29. The number of hydrogen-bond acceptors (Lipinski definition) is 2. The van der Waals surface area contributed by atoms with E-state index in [1.54, 1.807) is 0 Å². The van der Waals surface area contributed by atoms with Crippen LogP contribution in [0.4, 0.5) is 0 Å². The average molecular weight is 308 g/mol. The van der Waals surface area contributed by atoms with Gasteiger partial charge >= 0.3 is 0 Å². The molecule has 1 aliphatic heterocycles. The van der Waals surface area contributed by atoms with Crippen LogP contribution in [0.3, 0.4) is 0 Å². The zero-order valence-corrected chi connectivity index (χ0v) is 7.65. The zero-order valence-electron chi connectivity index (χ0n) is 4.18. The van der Waals surface area contributed by atoms with Crippen molar-refractivity contribution in [1.29, 1.82) is 0 Å². The second kappa shape index (κ2) is 3.13. The molecule has 43 valence electrons. The SMILES string of the molecule is O=C1CCC(=O)N1.[Bi]. The molecule has 0 aromatic carbocycles. The molecule has 0 saturated carbocycles. The molecule has 0 bridgehead atoms. The van der Waals surface area contributed by atoms with Gasteiger partial charge in [-0.15, -0.1) is 0 Å². The van der Waals surface area contributed by atoms with E-state index < -0.39 is 0 Å². The number of carbonyl (C=O) groups excluding carboxylic acids is 2. The molecule has 0 spiro atoms. The van der Waals surface area contributed by atoms with Gasteiger partial charge in [-0.25, -0.2) is 0 Å². The van der Waals surface area contributed by atoms with Crippen LogP contribution in [0.5, 0.6) is 0 Å². The van der Waals surface area contributed by atoms with E-state index in [2.05, 4.69) is 5.32 Å². The van der Waals surface area contributed by atoms with Gasteiger partial charge in [0.15, 0.2) is 0 Å². The first-order valence-corrected chi connectivity index (χ1v) is 2.12. The number of amides is 2. The third-order valence-electron chi connectivity index (χ3n) is 0.858. The Balaban J connectivity index is 0.000000490. The number of rotatable bonds is 0. The molecule has 1 N–H and O–H groups in total. The van der Waals surface area contributed by atoms with Gasteiger partial charge < -0.3 is 0 Å². The van der Waals surface area contributed by atoms with Gasteiger partial charge in [0.2, 0.25) is 11.8 Å². The number of nitrogens with one attached hydrogen (secondary N) is 1. The van der Waals surface area contributed by atoms with Gasteiger partial charge in [0, 0.05) is 39.0 Å². The Morgan fingerprint density at radius 1 is 1.12 bits per heavy atom. The molecular weight excluding hydrogens is 303 g/mol. The molecule has 1 fully saturated rings. The molecular formula is C4H5BiNO2. The van der Waals surface area contributed by atoms with E-state index in [1.807, 2.05) is 0 Å². The summed E-state index contributed by atoms with van der Waals surface area (Å²) in [5.41, 5.74) is 0. The predicted octanol–water partition coefficient (Wildman–Crippen LogP) is -0.958. The number of hydrogen-bond donors (Lipinski definition) is 1. The van der Waals surface area contributed by atoms with Crippen LogP contribution in [0.15, 0.2) is 0 Å². The Kier molecular flexibility index (Phi) is 3.14. The van der Waals surface area contributed by atoms with Crippen LogP contribution in [0, 0.1) is 0 Å². The van der Waals surface area contributed by atoms with Gasteiger partial charge in [0.05, 0.1) is 0 Å². The maximum absolute atomic E-state index is 10.1. The molecule has 3 radical (unpaired) electrons. The quantitative estimate of drug-likeness (QED) is 0.463. The Morgan fingerprint density at radius 3 is 1.62 bits per heavy atom. The molecule has 0 aromatic heterocycles. The van der Waals surface area contributed by atoms with Crippen molar-refractivity contribution >= 4 is 38.0 Å². The standard InChI is InChI=1S/C4H5NO2.Bi/c6-3-1-2-4(7)5-3;/h1-2H2,(H,5,6,7);. The molecule has 1 rings (SSSR count). The summed E-state index contributed by atoms with van der Waals surface area (Å²) in [5, 5.41) is 2.14. The molecule has 0 atom stereocenters. The second-order valence-electron chi connectivity index (χ2n) is 1.47. The van der Waals surface area contributed by atoms with Crippen LogP contribution in [0.2, 0.25) is 0 Å². The minimum absolute atomic E-state index is 0. The largest absolute Gasteiger partial charge is 0.296 e. The van der Waals surface area contributed by atoms with Crippen molar-refractivity contribution in [1.82, 2.24) is 5.32 Å². The van der Waals surface area contributed by atoms with Crippen LogP contribution < -0.4 is 5.32 Å². The number of carbonyl (C=O) groups is 2. The van der Waals surface area contributed by atoms with E-state index in [4.69, 9.17) is 0 Å². The summed E-state index contributed by atoms with van der Waals surface area (Å²) in [4.78, 5) is 20.2. The summed E-state index contributed by atoms with van der Waals surface area (Å²) in [7, 11) is 0. The first kappa shape index (κ1) is 8.02. The minimum atomic E-state index is -0.148. The normalized spacial score (nSPS) is 17.5. The molecule has 2 amide bonds. The fourth-order valence-corrected chi connectivity index (χ4v) is 0.508. The maximum Gasteiger partial charge on any atom is 0.227 e. The van der Waals surface area contributed by atoms with E-state index in [0.29, 0.717) is 12.8 Å². The fourth-order valence-electron chi connectivity index (χ4n) is 0.508. The van der Waals surface area contributed by atoms with Crippen molar-refractivity contribution < 1.29 is 9.59 Å². The first-order valence-electron chi connectivity index (χ1n) is 2.12. The molecule has 8 heavy (non-hydrogen) atoms. The third-order valence-corrected chi connectivity index (χ3v) is 0.858. The Bertz CT molecular complexity index is 109. The molecule has 1 heterocycles. The van der Waals surface area contributed by atoms with Gasteiger partial charge in [-0.1, -0.05) is 0 Å². The van der Waals surface area contributed by atoms with Crippen molar-refractivity contribution in [2.45, 2.75) is 12.8 Å². The van der Waals surface area contributed by atoms with Crippen molar-refractivity contribution in [3.63, 3.8) is 0 Å². The Morgan fingerprint density at radius 2 is 1.50 bits per heavy atom. The molecule has 0 unspecified atom stereocenters. The smallest absolute Gasteiger partial charge is 0.227 e. The van der Waals surface area contributed by atoms with E-state index in [9.17, 15) is 9.59 Å². The molecule has 1 aliphatic rings. The van der Waals surface area contributed by atoms with Gasteiger partial charge in [-0.2, -0.15) is 0 Å². The molecule has 3 nitrogen and oxygen atoms in total. The average Bonchev–Trinajstić information content (AvgIpc) is 1.87. The Hall–Kier alpha value is 0.0231. The van der Waals surface area contributed by atoms with Crippen molar-refractivity contribution in [3.05, 3.63) is 0 Å². The third kappa shape index (κ3) is 1.87. The summed E-state index contributed by atoms with van der Waals surface area (Å²) in [6.07, 6.45) is 0.748. The topological polar surface area (TPSA) is 46.2 Å². The van der Waals surface area contributed by atoms with E-state index >= 15 is 0 Å². The fraction of sp³-hybridized carbons (Fsp3) is 0.500. The maximum atomic E-state index is 10.1. The molecule has 4 heteroatoms. The van der Waals surface area contributed by atoms with Crippen LogP contribution in [0.1, 0.15) is 12.8 Å². The van der Waals surface area contributed by atoms with E-state index in [0.717, 1.165) is 0 Å². The van der Waals surface area contributed by atoms with Crippen LogP contribution >= 0.6 is 0 Å². The molecule has 0 aliphatic carbocycles. The van der Waals surface area contributed by atoms with Crippen LogP contribution in [-0.4, -0.2) is 38.0 Å². The number of imide groups is 1. The predicted molar refractivity (Wildman–Crippen MR) is 28.1 cm³/mol. The summed E-state index contributed by atoms with van der Waals surface area (Å²) >= 11 is 0. The summed E-state index contributed by atoms with van der Waals surface area (Å²) < 4.78 is 0. The minimum Gasteiger partial charge on any atom is -0.296 e. The Labute approximate surface area is 65.9 Å². The molecule has 0 aromatic rings. The van der Waals surface area contributed by atoms with Crippen molar-refractivity contribution in [2.75, 3.05) is 0 Å². The van der Waals surface area contributed by atoms with Crippen LogP contribution in [0.25, 0.3) is 0 Å². The molecule has 1 saturated heterocycles. The van der Waals surface area contributed by atoms with E-state index in [-0.39, 0.29) is 38.0 Å². The van der Waals surface area contributed by atoms with Gasteiger partial charge in [0.1, 0.15) is 0 Å². The summed E-state index contributed by atoms with van der Waals surface area (Å²) in [6, 6.07) is 0. The summed E-state index contributed by atoms with van der Waals surface area (Å²) in [6.45, 7) is 0. The van der Waals surface area contributed by atoms with Crippen LogP contribution in [-0.2, 0) is 9.59 Å². The van der Waals surface area contributed by atoms with Gasteiger partial charge in [-0.3, -0.25) is 14.9 Å². The monoisotopic (exact) mass is 308 g/mol. The second-order valence-corrected chi connectivity index (χ2v) is 1.47.